The summed E-state index contributed by atoms with van der Waals surface area (Å²) in [7, 11) is 2.98. The van der Waals surface area contributed by atoms with Crippen LogP contribution in [-0.4, -0.2) is 32.6 Å². The molecule has 2 aromatic carbocycles. The van der Waals surface area contributed by atoms with Crippen LogP contribution in [0.15, 0.2) is 47.5 Å². The van der Waals surface area contributed by atoms with Gasteiger partial charge in [-0.3, -0.25) is 9.59 Å². The molecule has 0 aliphatic carbocycles. The van der Waals surface area contributed by atoms with Gasteiger partial charge in [0.25, 0.3) is 11.8 Å². The predicted octanol–water partition coefficient (Wildman–Crippen LogP) is 3.63. The summed E-state index contributed by atoms with van der Waals surface area (Å²) in [6.07, 6.45) is 0. The van der Waals surface area contributed by atoms with Gasteiger partial charge in [-0.05, 0) is 24.6 Å². The second-order valence-electron chi connectivity index (χ2n) is 5.66. The standard InChI is InChI=1S/C20H18ClNO5/c1-4-27-14-7-5-12(6-8-14)17-18(21)20(24)22(19(17)23)13-9-15(25-2)11-16(10-13)26-3/h5-11H,4H2,1-3H3. The van der Waals surface area contributed by atoms with E-state index >= 15 is 0 Å². The first-order valence-corrected chi connectivity index (χ1v) is 8.62. The molecule has 140 valence electrons. The van der Waals surface area contributed by atoms with Gasteiger partial charge in [0, 0.05) is 18.2 Å². The molecule has 0 spiro atoms. The maximum atomic E-state index is 13.0. The van der Waals surface area contributed by atoms with Crippen LogP contribution >= 0.6 is 11.6 Å². The number of benzene rings is 2. The molecule has 0 fully saturated rings. The summed E-state index contributed by atoms with van der Waals surface area (Å²) in [4.78, 5) is 26.7. The highest BCUT2D eigenvalue weighted by molar-refractivity contribution is 6.60. The Morgan fingerprint density at radius 2 is 1.48 bits per heavy atom. The van der Waals surface area contributed by atoms with Gasteiger partial charge in [0.1, 0.15) is 22.3 Å². The highest BCUT2D eigenvalue weighted by Gasteiger charge is 2.39. The Morgan fingerprint density at radius 3 is 2.00 bits per heavy atom. The van der Waals surface area contributed by atoms with Crippen LogP contribution in [0.4, 0.5) is 5.69 Å². The van der Waals surface area contributed by atoms with Crippen molar-refractivity contribution in [1.29, 1.82) is 0 Å². The first-order chi connectivity index (χ1) is 13.0. The Bertz CT molecular complexity index is 898. The van der Waals surface area contributed by atoms with Gasteiger partial charge in [0.05, 0.1) is 32.1 Å². The normalized spacial score (nSPS) is 14.0. The van der Waals surface area contributed by atoms with Crippen molar-refractivity contribution in [2.24, 2.45) is 0 Å². The molecule has 0 saturated carbocycles. The lowest BCUT2D eigenvalue weighted by Gasteiger charge is -2.17. The Labute approximate surface area is 161 Å². The first-order valence-electron chi connectivity index (χ1n) is 8.25. The molecule has 7 heteroatoms. The van der Waals surface area contributed by atoms with Crippen LogP contribution in [-0.2, 0) is 9.59 Å². The molecule has 0 aromatic heterocycles. The number of halogens is 1. The summed E-state index contributed by atoms with van der Waals surface area (Å²) in [5.41, 5.74) is 1.01. The Morgan fingerprint density at radius 1 is 0.889 bits per heavy atom. The van der Waals surface area contributed by atoms with E-state index in [4.69, 9.17) is 25.8 Å². The number of anilines is 1. The molecule has 27 heavy (non-hydrogen) atoms. The highest BCUT2D eigenvalue weighted by Crippen LogP contribution is 2.38. The SMILES string of the molecule is CCOc1ccc(C2=C(Cl)C(=O)N(c3cc(OC)cc(OC)c3)C2=O)cc1. The van der Waals surface area contributed by atoms with Crippen molar-refractivity contribution in [3.63, 3.8) is 0 Å². The largest absolute Gasteiger partial charge is 0.497 e. The van der Waals surface area contributed by atoms with Crippen LogP contribution in [0.2, 0.25) is 0 Å². The van der Waals surface area contributed by atoms with Crippen LogP contribution < -0.4 is 19.1 Å². The van der Waals surface area contributed by atoms with E-state index in [0.29, 0.717) is 35.1 Å². The first kappa shape index (κ1) is 18.8. The minimum Gasteiger partial charge on any atom is -0.497 e. The van der Waals surface area contributed by atoms with Gasteiger partial charge in [0.15, 0.2) is 0 Å². The zero-order chi connectivity index (χ0) is 19.6. The highest BCUT2D eigenvalue weighted by atomic mass is 35.5. The minimum absolute atomic E-state index is 0.133. The number of hydrogen-bond donors (Lipinski definition) is 0. The molecular weight excluding hydrogens is 370 g/mol. The molecule has 0 atom stereocenters. The van der Waals surface area contributed by atoms with Gasteiger partial charge in [-0.25, -0.2) is 4.90 Å². The molecule has 1 heterocycles. The molecule has 0 saturated heterocycles. The third kappa shape index (κ3) is 3.48. The van der Waals surface area contributed by atoms with E-state index in [0.717, 1.165) is 4.90 Å². The Hall–Kier alpha value is -2.99. The number of carbonyl (C=O) groups excluding carboxylic acids is 2. The van der Waals surface area contributed by atoms with E-state index in [2.05, 4.69) is 0 Å². The van der Waals surface area contributed by atoms with E-state index < -0.39 is 11.8 Å². The van der Waals surface area contributed by atoms with Gasteiger partial charge in [-0.15, -0.1) is 0 Å². The van der Waals surface area contributed by atoms with Crippen LogP contribution in [0.5, 0.6) is 17.2 Å². The van der Waals surface area contributed by atoms with Crippen molar-refractivity contribution >= 4 is 34.7 Å². The Balaban J connectivity index is 1.99. The second-order valence-corrected chi connectivity index (χ2v) is 6.04. The van der Waals surface area contributed by atoms with Crippen molar-refractivity contribution in [3.05, 3.63) is 53.1 Å². The smallest absolute Gasteiger partial charge is 0.277 e. The third-order valence-electron chi connectivity index (χ3n) is 4.08. The van der Waals surface area contributed by atoms with Gasteiger partial charge < -0.3 is 14.2 Å². The summed E-state index contributed by atoms with van der Waals surface area (Å²) in [5.74, 6) is 0.473. The van der Waals surface area contributed by atoms with Crippen molar-refractivity contribution in [2.75, 3.05) is 25.7 Å². The lowest BCUT2D eigenvalue weighted by Crippen LogP contribution is -2.31. The monoisotopic (exact) mass is 387 g/mol. The average molecular weight is 388 g/mol. The molecule has 1 aliphatic heterocycles. The topological polar surface area (TPSA) is 65.1 Å². The van der Waals surface area contributed by atoms with Gasteiger partial charge >= 0.3 is 0 Å². The molecule has 2 amide bonds. The van der Waals surface area contributed by atoms with Crippen LogP contribution in [0.25, 0.3) is 5.57 Å². The summed E-state index contributed by atoms with van der Waals surface area (Å²) in [6.45, 7) is 2.42. The minimum atomic E-state index is -0.596. The van der Waals surface area contributed by atoms with E-state index in [-0.39, 0.29) is 10.6 Å². The number of imide groups is 1. The lowest BCUT2D eigenvalue weighted by atomic mass is 10.1. The molecule has 0 bridgehead atoms. The van der Waals surface area contributed by atoms with Crippen LogP contribution in [0.3, 0.4) is 0 Å². The number of hydrogen-bond acceptors (Lipinski definition) is 5. The number of nitrogens with zero attached hydrogens (tertiary/aromatic N) is 1. The molecule has 1 aliphatic rings. The van der Waals surface area contributed by atoms with E-state index in [9.17, 15) is 9.59 Å². The summed E-state index contributed by atoms with van der Waals surface area (Å²) < 4.78 is 15.8. The fourth-order valence-corrected chi connectivity index (χ4v) is 3.07. The van der Waals surface area contributed by atoms with E-state index in [1.807, 2.05) is 6.92 Å². The Kier molecular flexibility index (Phi) is 5.37. The molecule has 6 nitrogen and oxygen atoms in total. The van der Waals surface area contributed by atoms with Crippen molar-refractivity contribution in [2.45, 2.75) is 6.92 Å². The number of methoxy groups -OCH3 is 2. The maximum absolute atomic E-state index is 13.0. The molecule has 0 radical (unpaired) electrons. The van der Waals surface area contributed by atoms with Gasteiger partial charge in [0.2, 0.25) is 0 Å². The third-order valence-corrected chi connectivity index (χ3v) is 4.43. The molecule has 0 N–H and O–H groups in total. The number of carbonyl (C=O) groups is 2. The van der Waals surface area contributed by atoms with E-state index in [1.54, 1.807) is 42.5 Å². The maximum Gasteiger partial charge on any atom is 0.277 e. The summed E-state index contributed by atoms with van der Waals surface area (Å²) >= 11 is 6.22. The molecule has 0 unspecified atom stereocenters. The van der Waals surface area contributed by atoms with Crippen molar-refractivity contribution < 1.29 is 23.8 Å². The number of ether oxygens (including phenoxy) is 3. The van der Waals surface area contributed by atoms with Gasteiger partial charge in [-0.1, -0.05) is 23.7 Å². The van der Waals surface area contributed by atoms with Crippen molar-refractivity contribution in [3.8, 4) is 17.2 Å². The quantitative estimate of drug-likeness (QED) is 0.708. The van der Waals surface area contributed by atoms with Crippen LogP contribution in [0.1, 0.15) is 12.5 Å². The zero-order valence-corrected chi connectivity index (χ0v) is 15.9. The predicted molar refractivity (Wildman–Crippen MR) is 102 cm³/mol. The van der Waals surface area contributed by atoms with Crippen LogP contribution in [0, 0.1) is 0 Å². The molecule has 2 aromatic rings. The van der Waals surface area contributed by atoms with E-state index in [1.165, 1.54) is 14.2 Å². The summed E-state index contributed by atoms with van der Waals surface area (Å²) in [6, 6.07) is 11.6. The fourth-order valence-electron chi connectivity index (χ4n) is 2.79. The second kappa shape index (κ2) is 7.72. The van der Waals surface area contributed by atoms with Crippen molar-refractivity contribution in [1.82, 2.24) is 0 Å². The number of rotatable bonds is 6. The van der Waals surface area contributed by atoms with Gasteiger partial charge in [-0.2, -0.15) is 0 Å². The zero-order valence-electron chi connectivity index (χ0n) is 15.1. The average Bonchev–Trinajstić information content (AvgIpc) is 2.91. The molecule has 3 rings (SSSR count). The summed E-state index contributed by atoms with van der Waals surface area (Å²) in [5, 5.41) is -0.133. The fraction of sp³-hybridized carbons (Fsp3) is 0.200. The lowest BCUT2D eigenvalue weighted by molar-refractivity contribution is -0.119. The molecular formula is C20H18ClNO5. The number of amides is 2.